The minimum absolute atomic E-state index is 0.147. The van der Waals surface area contributed by atoms with E-state index in [0.717, 1.165) is 12.3 Å². The van der Waals surface area contributed by atoms with Crippen LogP contribution in [0.25, 0.3) is 0 Å². The average Bonchev–Trinajstić information content (AvgIpc) is 3.26. The molecule has 1 unspecified atom stereocenters. The number of hydrogen-bond acceptors (Lipinski definition) is 2. The Balaban J connectivity index is 1.82. The van der Waals surface area contributed by atoms with Gasteiger partial charge in [0.1, 0.15) is 5.75 Å². The van der Waals surface area contributed by atoms with E-state index in [2.05, 4.69) is 43.4 Å². The molecule has 2 nitrogen and oxygen atoms in total. The number of hydrogen-bond donors (Lipinski definition) is 1. The molecule has 3 rings (SSSR count). The Labute approximate surface area is 122 Å². The van der Waals surface area contributed by atoms with E-state index < -0.39 is 0 Å². The zero-order chi connectivity index (χ0) is 14.0. The molecule has 0 aromatic heterocycles. The summed E-state index contributed by atoms with van der Waals surface area (Å²) in [5, 5.41) is 3.84. The van der Waals surface area contributed by atoms with Gasteiger partial charge in [-0.2, -0.15) is 0 Å². The Kier molecular flexibility index (Phi) is 4.02. The van der Waals surface area contributed by atoms with Gasteiger partial charge in [0.25, 0.3) is 0 Å². The molecule has 2 heteroatoms. The predicted molar refractivity (Wildman–Crippen MR) is 83.1 cm³/mol. The van der Waals surface area contributed by atoms with Gasteiger partial charge in [-0.15, -0.1) is 0 Å². The van der Waals surface area contributed by atoms with Crippen LogP contribution < -0.4 is 10.1 Å². The van der Waals surface area contributed by atoms with Gasteiger partial charge in [0.05, 0.1) is 6.10 Å². The summed E-state index contributed by atoms with van der Waals surface area (Å²) in [6.07, 6.45) is 8.15. The molecule has 0 spiro atoms. The minimum atomic E-state index is 0.147. The summed E-state index contributed by atoms with van der Waals surface area (Å²) >= 11 is 0. The van der Waals surface area contributed by atoms with Gasteiger partial charge in [0.15, 0.2) is 0 Å². The Morgan fingerprint density at radius 2 is 1.85 bits per heavy atom. The molecule has 1 aliphatic carbocycles. The van der Waals surface area contributed by atoms with E-state index in [0.29, 0.717) is 12.0 Å². The topological polar surface area (TPSA) is 21.3 Å². The van der Waals surface area contributed by atoms with Crippen LogP contribution in [0.1, 0.15) is 57.9 Å². The number of nitrogens with one attached hydrogen (secondary N) is 1. The fraction of sp³-hybridized carbons (Fsp3) is 0.667. The van der Waals surface area contributed by atoms with Crippen molar-refractivity contribution in [2.24, 2.45) is 5.92 Å². The van der Waals surface area contributed by atoms with Crippen molar-refractivity contribution in [1.29, 1.82) is 0 Å². The van der Waals surface area contributed by atoms with E-state index in [1.54, 1.807) is 0 Å². The summed E-state index contributed by atoms with van der Waals surface area (Å²) in [7, 11) is 0. The molecule has 20 heavy (non-hydrogen) atoms. The average molecular weight is 273 g/mol. The van der Waals surface area contributed by atoms with Crippen molar-refractivity contribution in [1.82, 2.24) is 5.32 Å². The van der Waals surface area contributed by atoms with E-state index in [1.165, 1.54) is 44.1 Å². The van der Waals surface area contributed by atoms with Gasteiger partial charge >= 0.3 is 0 Å². The molecule has 1 N–H and O–H groups in total. The molecule has 1 heterocycles. The molecule has 1 saturated heterocycles. The lowest BCUT2D eigenvalue weighted by Crippen LogP contribution is -2.46. The molecule has 1 atom stereocenters. The van der Waals surface area contributed by atoms with Crippen LogP contribution in [0.3, 0.4) is 0 Å². The van der Waals surface area contributed by atoms with Crippen LogP contribution in [0, 0.1) is 5.92 Å². The van der Waals surface area contributed by atoms with Crippen molar-refractivity contribution in [3.05, 3.63) is 29.8 Å². The highest BCUT2D eigenvalue weighted by Gasteiger charge is 2.35. The van der Waals surface area contributed by atoms with Gasteiger partial charge in [-0.25, -0.2) is 0 Å². The fourth-order valence-corrected chi connectivity index (χ4v) is 3.39. The third-order valence-corrected chi connectivity index (χ3v) is 4.87. The molecule has 1 saturated carbocycles. The summed E-state index contributed by atoms with van der Waals surface area (Å²) in [5.74, 6) is 1.64. The molecule has 1 aromatic rings. The summed E-state index contributed by atoms with van der Waals surface area (Å²) in [6, 6.07) is 8.86. The van der Waals surface area contributed by atoms with Gasteiger partial charge in [-0.1, -0.05) is 38.8 Å². The summed E-state index contributed by atoms with van der Waals surface area (Å²) in [4.78, 5) is 0. The predicted octanol–water partition coefficient (Wildman–Crippen LogP) is 4.24. The first-order valence-electron chi connectivity index (χ1n) is 8.23. The Bertz CT molecular complexity index is 425. The molecule has 2 aliphatic rings. The lowest BCUT2D eigenvalue weighted by Gasteiger charge is -2.38. The number of ether oxygens (including phenoxy) is 1. The summed E-state index contributed by atoms with van der Waals surface area (Å²) < 4.78 is 5.87. The zero-order valence-corrected chi connectivity index (χ0v) is 12.8. The zero-order valence-electron chi connectivity index (χ0n) is 12.8. The third-order valence-electron chi connectivity index (χ3n) is 4.87. The first kappa shape index (κ1) is 13.9. The molecule has 1 aliphatic heterocycles. The van der Waals surface area contributed by atoms with E-state index in [9.17, 15) is 0 Å². The summed E-state index contributed by atoms with van der Waals surface area (Å²) in [5.41, 5.74) is 1.58. The molecule has 1 aromatic carbocycles. The molecule has 0 bridgehead atoms. The second-order valence-corrected chi connectivity index (χ2v) is 6.71. The SMILES string of the molecule is CC(C)C1(c2ccc(OC3CC3)cc2)CCCCCN1. The lowest BCUT2D eigenvalue weighted by molar-refractivity contribution is 0.230. The Hall–Kier alpha value is -1.02. The molecule has 110 valence electrons. The van der Waals surface area contributed by atoms with Crippen molar-refractivity contribution in [2.75, 3.05) is 6.54 Å². The van der Waals surface area contributed by atoms with E-state index in [-0.39, 0.29) is 5.54 Å². The standard InChI is InChI=1S/C18H27NO/c1-14(2)18(12-4-3-5-13-19-18)15-6-8-16(9-7-15)20-17-10-11-17/h6-9,14,17,19H,3-5,10-13H2,1-2H3. The van der Waals surface area contributed by atoms with Gasteiger partial charge in [-0.3, -0.25) is 0 Å². The monoisotopic (exact) mass is 273 g/mol. The van der Waals surface area contributed by atoms with Gasteiger partial charge in [0.2, 0.25) is 0 Å². The largest absolute Gasteiger partial charge is 0.490 e. The van der Waals surface area contributed by atoms with E-state index >= 15 is 0 Å². The maximum Gasteiger partial charge on any atom is 0.119 e. The third kappa shape index (κ3) is 2.85. The van der Waals surface area contributed by atoms with Crippen LogP contribution >= 0.6 is 0 Å². The molecule has 0 radical (unpaired) electrons. The molecule has 0 amide bonds. The highest BCUT2D eigenvalue weighted by molar-refractivity contribution is 5.33. The van der Waals surface area contributed by atoms with Crippen molar-refractivity contribution < 1.29 is 4.74 Å². The van der Waals surface area contributed by atoms with Gasteiger partial charge in [0, 0.05) is 5.54 Å². The quantitative estimate of drug-likeness (QED) is 0.886. The number of benzene rings is 1. The molecule has 2 fully saturated rings. The first-order chi connectivity index (χ1) is 9.71. The summed E-state index contributed by atoms with van der Waals surface area (Å²) in [6.45, 7) is 5.82. The second kappa shape index (κ2) is 5.77. The van der Waals surface area contributed by atoms with Crippen LogP contribution in [-0.2, 0) is 5.54 Å². The minimum Gasteiger partial charge on any atom is -0.490 e. The van der Waals surface area contributed by atoms with Crippen molar-refractivity contribution in [3.8, 4) is 5.75 Å². The Morgan fingerprint density at radius 1 is 1.10 bits per heavy atom. The van der Waals surface area contributed by atoms with Crippen LogP contribution in [-0.4, -0.2) is 12.6 Å². The molecular formula is C18H27NO. The Morgan fingerprint density at radius 3 is 2.50 bits per heavy atom. The van der Waals surface area contributed by atoms with E-state index in [4.69, 9.17) is 4.74 Å². The maximum absolute atomic E-state index is 5.87. The second-order valence-electron chi connectivity index (χ2n) is 6.71. The van der Waals surface area contributed by atoms with Crippen LogP contribution in [0.2, 0.25) is 0 Å². The van der Waals surface area contributed by atoms with Crippen LogP contribution in [0.5, 0.6) is 5.75 Å². The first-order valence-corrected chi connectivity index (χ1v) is 8.23. The lowest BCUT2D eigenvalue weighted by atomic mass is 9.76. The maximum atomic E-state index is 5.87. The highest BCUT2D eigenvalue weighted by atomic mass is 16.5. The molecular weight excluding hydrogens is 246 g/mol. The van der Waals surface area contributed by atoms with Crippen molar-refractivity contribution >= 4 is 0 Å². The number of rotatable bonds is 4. The van der Waals surface area contributed by atoms with Crippen LogP contribution in [0.15, 0.2) is 24.3 Å². The van der Waals surface area contributed by atoms with Gasteiger partial charge in [-0.05, 0) is 55.8 Å². The van der Waals surface area contributed by atoms with Crippen molar-refractivity contribution in [2.45, 2.75) is 64.0 Å². The van der Waals surface area contributed by atoms with Gasteiger partial charge < -0.3 is 10.1 Å². The normalized spacial score (nSPS) is 27.4. The fourth-order valence-electron chi connectivity index (χ4n) is 3.39. The highest BCUT2D eigenvalue weighted by Crippen LogP contribution is 2.37. The van der Waals surface area contributed by atoms with Crippen molar-refractivity contribution in [3.63, 3.8) is 0 Å². The van der Waals surface area contributed by atoms with Crippen LogP contribution in [0.4, 0.5) is 0 Å². The smallest absolute Gasteiger partial charge is 0.119 e. The van der Waals surface area contributed by atoms with E-state index in [1.807, 2.05) is 0 Å².